The van der Waals surface area contributed by atoms with Gasteiger partial charge >= 0.3 is 0 Å². The first-order chi connectivity index (χ1) is 11.8. The average molecular weight is 345 g/mol. The summed E-state index contributed by atoms with van der Waals surface area (Å²) in [7, 11) is 0. The van der Waals surface area contributed by atoms with E-state index in [0.29, 0.717) is 11.2 Å². The molecule has 0 spiro atoms. The fraction of sp³-hybridized carbons (Fsp3) is 0.750. The molecule has 142 valence electrons. The van der Waals surface area contributed by atoms with Crippen LogP contribution in [0.5, 0.6) is 5.75 Å². The standard InChI is InChI=1S/C24H40O/c1-5-24(17-18-24)16-9-6-7-11-20-13-14-22(25)21(19-20)12-8-10-15-23(2,3)4/h13-14,19,25H,5-12,15-18H2,1-4H3. The van der Waals surface area contributed by atoms with E-state index in [1.54, 1.807) is 0 Å². The number of aromatic hydroxyl groups is 1. The van der Waals surface area contributed by atoms with Gasteiger partial charge in [0.25, 0.3) is 0 Å². The third-order valence-corrected chi connectivity index (χ3v) is 6.15. The van der Waals surface area contributed by atoms with Crippen molar-refractivity contribution >= 4 is 0 Å². The number of phenols is 1. The van der Waals surface area contributed by atoms with Crippen molar-refractivity contribution in [3.63, 3.8) is 0 Å². The number of rotatable bonds is 11. The van der Waals surface area contributed by atoms with Crippen LogP contribution in [0.15, 0.2) is 18.2 Å². The topological polar surface area (TPSA) is 20.2 Å². The Morgan fingerprint density at radius 3 is 2.32 bits per heavy atom. The summed E-state index contributed by atoms with van der Waals surface area (Å²) in [6.45, 7) is 9.26. The fourth-order valence-electron chi connectivity index (χ4n) is 3.93. The molecule has 0 radical (unpaired) electrons. The molecule has 1 aliphatic carbocycles. The van der Waals surface area contributed by atoms with Crippen LogP contribution in [0.4, 0.5) is 0 Å². The van der Waals surface area contributed by atoms with Crippen LogP contribution in [-0.2, 0) is 12.8 Å². The lowest BCUT2D eigenvalue weighted by atomic mass is 9.89. The molecule has 1 aromatic carbocycles. The van der Waals surface area contributed by atoms with Gasteiger partial charge in [0, 0.05) is 0 Å². The summed E-state index contributed by atoms with van der Waals surface area (Å²) in [5.74, 6) is 0.484. The molecule has 1 aromatic rings. The van der Waals surface area contributed by atoms with Crippen LogP contribution >= 0.6 is 0 Å². The monoisotopic (exact) mass is 344 g/mol. The number of phenolic OH excluding ortho intramolecular Hbond substituents is 1. The number of hydrogen-bond donors (Lipinski definition) is 1. The van der Waals surface area contributed by atoms with E-state index in [1.165, 1.54) is 69.8 Å². The van der Waals surface area contributed by atoms with Crippen molar-refractivity contribution in [1.82, 2.24) is 0 Å². The maximum absolute atomic E-state index is 10.1. The molecule has 0 unspecified atom stereocenters. The molecule has 1 heteroatoms. The highest BCUT2D eigenvalue weighted by atomic mass is 16.3. The molecule has 0 heterocycles. The number of benzene rings is 1. The van der Waals surface area contributed by atoms with Gasteiger partial charge in [0.1, 0.15) is 5.75 Å². The number of aryl methyl sites for hydroxylation is 2. The molecule has 0 bridgehead atoms. The van der Waals surface area contributed by atoms with Gasteiger partial charge in [-0.05, 0) is 79.4 Å². The van der Waals surface area contributed by atoms with Gasteiger partial charge in [0.05, 0.1) is 0 Å². The predicted molar refractivity (Wildman–Crippen MR) is 109 cm³/mol. The molecule has 2 rings (SSSR count). The lowest BCUT2D eigenvalue weighted by Gasteiger charge is -2.17. The van der Waals surface area contributed by atoms with E-state index in [0.717, 1.165) is 23.8 Å². The molecule has 1 fully saturated rings. The van der Waals surface area contributed by atoms with E-state index >= 15 is 0 Å². The Labute approximate surface area is 156 Å². The van der Waals surface area contributed by atoms with Gasteiger partial charge in [-0.15, -0.1) is 0 Å². The molecule has 1 N–H and O–H groups in total. The van der Waals surface area contributed by atoms with Crippen LogP contribution in [0, 0.1) is 10.8 Å². The molecular formula is C24H40O. The number of unbranched alkanes of at least 4 members (excludes halogenated alkanes) is 3. The molecule has 25 heavy (non-hydrogen) atoms. The second kappa shape index (κ2) is 9.10. The van der Waals surface area contributed by atoms with Crippen LogP contribution in [0.3, 0.4) is 0 Å². The zero-order valence-electron chi connectivity index (χ0n) is 17.2. The Morgan fingerprint density at radius 1 is 0.960 bits per heavy atom. The zero-order chi connectivity index (χ0) is 18.3. The van der Waals surface area contributed by atoms with Crippen molar-refractivity contribution in [3.05, 3.63) is 29.3 Å². The van der Waals surface area contributed by atoms with Gasteiger partial charge in [-0.25, -0.2) is 0 Å². The van der Waals surface area contributed by atoms with Crippen molar-refractivity contribution in [2.24, 2.45) is 10.8 Å². The minimum Gasteiger partial charge on any atom is -0.508 e. The van der Waals surface area contributed by atoms with E-state index in [4.69, 9.17) is 0 Å². The van der Waals surface area contributed by atoms with E-state index in [9.17, 15) is 5.11 Å². The number of hydrogen-bond acceptors (Lipinski definition) is 1. The maximum Gasteiger partial charge on any atom is 0.118 e. The SMILES string of the molecule is CCC1(CCCCCc2ccc(O)c(CCCCC(C)(C)C)c2)CC1. The van der Waals surface area contributed by atoms with Gasteiger partial charge in [0.2, 0.25) is 0 Å². The highest BCUT2D eigenvalue weighted by Gasteiger charge is 2.39. The Balaban J connectivity index is 1.68. The molecule has 1 saturated carbocycles. The van der Waals surface area contributed by atoms with E-state index in [2.05, 4.69) is 39.8 Å². The Kier molecular flexibility index (Phi) is 7.40. The van der Waals surface area contributed by atoms with Crippen molar-refractivity contribution in [2.75, 3.05) is 0 Å². The summed E-state index contributed by atoms with van der Waals surface area (Å²) in [5, 5.41) is 10.1. The summed E-state index contributed by atoms with van der Waals surface area (Å²) in [6, 6.07) is 6.27. The van der Waals surface area contributed by atoms with E-state index in [1.807, 2.05) is 6.07 Å². The minimum absolute atomic E-state index is 0.417. The van der Waals surface area contributed by atoms with Crippen LogP contribution < -0.4 is 0 Å². The summed E-state index contributed by atoms with van der Waals surface area (Å²) in [5.41, 5.74) is 3.72. The van der Waals surface area contributed by atoms with Crippen LogP contribution in [-0.4, -0.2) is 5.11 Å². The molecule has 0 saturated heterocycles. The molecule has 0 atom stereocenters. The fourth-order valence-corrected chi connectivity index (χ4v) is 3.93. The maximum atomic E-state index is 10.1. The highest BCUT2D eigenvalue weighted by molar-refractivity contribution is 5.36. The Bertz CT molecular complexity index is 519. The highest BCUT2D eigenvalue weighted by Crippen LogP contribution is 2.52. The van der Waals surface area contributed by atoms with E-state index in [-0.39, 0.29) is 0 Å². The van der Waals surface area contributed by atoms with Gasteiger partial charge in [0.15, 0.2) is 0 Å². The first kappa shape index (κ1) is 20.3. The lowest BCUT2D eigenvalue weighted by molar-refractivity contribution is 0.360. The first-order valence-corrected chi connectivity index (χ1v) is 10.6. The largest absolute Gasteiger partial charge is 0.508 e. The van der Waals surface area contributed by atoms with Crippen molar-refractivity contribution in [2.45, 2.75) is 105 Å². The second-order valence-electron chi connectivity index (χ2n) is 9.65. The van der Waals surface area contributed by atoms with Crippen molar-refractivity contribution < 1.29 is 5.11 Å². The Morgan fingerprint density at radius 2 is 1.68 bits per heavy atom. The lowest BCUT2D eigenvalue weighted by Crippen LogP contribution is -2.04. The van der Waals surface area contributed by atoms with Crippen LogP contribution in [0.1, 0.15) is 103 Å². The summed E-state index contributed by atoms with van der Waals surface area (Å²) < 4.78 is 0. The average Bonchev–Trinajstić information content (AvgIpc) is 3.33. The minimum atomic E-state index is 0.417. The molecule has 1 aliphatic rings. The Hall–Kier alpha value is -0.980. The second-order valence-corrected chi connectivity index (χ2v) is 9.65. The molecule has 0 aromatic heterocycles. The molecular weight excluding hydrogens is 304 g/mol. The molecule has 1 nitrogen and oxygen atoms in total. The van der Waals surface area contributed by atoms with E-state index < -0.39 is 0 Å². The van der Waals surface area contributed by atoms with Crippen LogP contribution in [0.25, 0.3) is 0 Å². The third kappa shape index (κ3) is 7.42. The van der Waals surface area contributed by atoms with Gasteiger partial charge in [-0.3, -0.25) is 0 Å². The molecule has 0 aliphatic heterocycles. The summed E-state index contributed by atoms with van der Waals surface area (Å²) in [4.78, 5) is 0. The van der Waals surface area contributed by atoms with Crippen molar-refractivity contribution in [3.8, 4) is 5.75 Å². The van der Waals surface area contributed by atoms with Crippen molar-refractivity contribution in [1.29, 1.82) is 0 Å². The van der Waals surface area contributed by atoms with Gasteiger partial charge in [-0.1, -0.05) is 65.5 Å². The van der Waals surface area contributed by atoms with Gasteiger partial charge in [-0.2, -0.15) is 0 Å². The summed E-state index contributed by atoms with van der Waals surface area (Å²) in [6.07, 6.45) is 15.6. The summed E-state index contributed by atoms with van der Waals surface area (Å²) >= 11 is 0. The molecule has 0 amide bonds. The normalized spacial score (nSPS) is 16.2. The van der Waals surface area contributed by atoms with Crippen LogP contribution in [0.2, 0.25) is 0 Å². The quantitative estimate of drug-likeness (QED) is 0.413. The van der Waals surface area contributed by atoms with Gasteiger partial charge < -0.3 is 5.11 Å². The third-order valence-electron chi connectivity index (χ3n) is 6.15. The zero-order valence-corrected chi connectivity index (χ0v) is 17.2. The predicted octanol–water partition coefficient (Wildman–Crippen LogP) is 7.44. The smallest absolute Gasteiger partial charge is 0.118 e. The first-order valence-electron chi connectivity index (χ1n) is 10.6.